The highest BCUT2D eigenvalue weighted by Gasteiger charge is 2.28. The average Bonchev–Trinajstić information content (AvgIpc) is 2.96. The van der Waals surface area contributed by atoms with Crippen molar-refractivity contribution in [2.24, 2.45) is 4.99 Å². The number of hydrogen-bond acceptors (Lipinski definition) is 4. The van der Waals surface area contributed by atoms with Crippen LogP contribution in [0.3, 0.4) is 0 Å². The van der Waals surface area contributed by atoms with Crippen LogP contribution in [0.5, 0.6) is 0 Å². The molecule has 6 nitrogen and oxygen atoms in total. The molecule has 2 aliphatic rings. The Morgan fingerprint density at radius 3 is 2.80 bits per heavy atom. The maximum absolute atomic E-state index is 11.6. The van der Waals surface area contributed by atoms with Crippen molar-refractivity contribution in [3.05, 3.63) is 35.4 Å². The molecule has 0 amide bonds. The minimum atomic E-state index is -2.88. The Hall–Kier alpha value is -1.60. The summed E-state index contributed by atoms with van der Waals surface area (Å²) in [6.45, 7) is 5.04. The smallest absolute Gasteiger partial charge is 0.191 e. The number of fused-ring (bicyclic) bond motifs is 1. The highest BCUT2D eigenvalue weighted by Crippen LogP contribution is 2.20. The molecule has 3 rings (SSSR count). The number of rotatable bonds is 4. The van der Waals surface area contributed by atoms with Crippen LogP contribution in [-0.2, 0) is 22.8 Å². The molecule has 7 heteroatoms. The van der Waals surface area contributed by atoms with Gasteiger partial charge < -0.3 is 10.6 Å². The minimum absolute atomic E-state index is 0.0339. The third kappa shape index (κ3) is 4.73. The van der Waals surface area contributed by atoms with Crippen LogP contribution in [0.1, 0.15) is 24.5 Å². The van der Waals surface area contributed by atoms with Gasteiger partial charge in [0, 0.05) is 38.8 Å². The second-order valence-electron chi connectivity index (χ2n) is 7.04. The van der Waals surface area contributed by atoms with Crippen LogP contribution in [0, 0.1) is 0 Å². The van der Waals surface area contributed by atoms with Gasteiger partial charge in [0.25, 0.3) is 0 Å². The molecule has 2 atom stereocenters. The second kappa shape index (κ2) is 7.74. The molecule has 1 fully saturated rings. The van der Waals surface area contributed by atoms with Crippen molar-refractivity contribution in [2.75, 3.05) is 31.6 Å². The zero-order valence-electron chi connectivity index (χ0n) is 15.0. The minimum Gasteiger partial charge on any atom is -0.355 e. The van der Waals surface area contributed by atoms with E-state index in [1.807, 2.05) is 0 Å². The summed E-state index contributed by atoms with van der Waals surface area (Å²) >= 11 is 0. The van der Waals surface area contributed by atoms with E-state index in [-0.39, 0.29) is 17.5 Å². The van der Waals surface area contributed by atoms with E-state index in [0.29, 0.717) is 18.4 Å². The van der Waals surface area contributed by atoms with Crippen molar-refractivity contribution in [3.8, 4) is 0 Å². The first-order chi connectivity index (χ1) is 12.0. The Labute approximate surface area is 150 Å². The molecule has 2 heterocycles. The Kier molecular flexibility index (Phi) is 5.64. The molecule has 0 aromatic heterocycles. The van der Waals surface area contributed by atoms with Crippen molar-refractivity contribution in [3.63, 3.8) is 0 Å². The number of aliphatic imine (C=N–C) groups is 1. The molecule has 0 saturated carbocycles. The lowest BCUT2D eigenvalue weighted by atomic mass is 9.99. The summed E-state index contributed by atoms with van der Waals surface area (Å²) in [6.07, 6.45) is 1.74. The lowest BCUT2D eigenvalue weighted by molar-refractivity contribution is 0.191. The van der Waals surface area contributed by atoms with Gasteiger partial charge in [-0.2, -0.15) is 0 Å². The molecule has 0 radical (unpaired) electrons. The van der Waals surface area contributed by atoms with Gasteiger partial charge in [-0.25, -0.2) is 8.42 Å². The van der Waals surface area contributed by atoms with Gasteiger partial charge in [-0.3, -0.25) is 9.89 Å². The van der Waals surface area contributed by atoms with Crippen LogP contribution in [0.4, 0.5) is 0 Å². The summed E-state index contributed by atoms with van der Waals surface area (Å²) in [4.78, 5) is 6.71. The van der Waals surface area contributed by atoms with Crippen LogP contribution in [0.15, 0.2) is 29.3 Å². The third-order valence-corrected chi connectivity index (χ3v) is 6.91. The van der Waals surface area contributed by atoms with Crippen LogP contribution in [0.2, 0.25) is 0 Å². The van der Waals surface area contributed by atoms with E-state index in [4.69, 9.17) is 0 Å². The first-order valence-corrected chi connectivity index (χ1v) is 10.8. The number of sulfone groups is 1. The molecular formula is C18H28N4O2S. The van der Waals surface area contributed by atoms with Gasteiger partial charge >= 0.3 is 0 Å². The molecule has 2 aliphatic heterocycles. The third-order valence-electron chi connectivity index (χ3n) is 5.15. The molecular weight excluding hydrogens is 336 g/mol. The van der Waals surface area contributed by atoms with E-state index in [1.165, 1.54) is 11.1 Å². The molecule has 0 aliphatic carbocycles. The Balaban J connectivity index is 1.49. The van der Waals surface area contributed by atoms with Gasteiger partial charge in [-0.15, -0.1) is 0 Å². The number of benzene rings is 1. The van der Waals surface area contributed by atoms with Crippen LogP contribution in [-0.4, -0.2) is 63.0 Å². The molecule has 1 saturated heterocycles. The number of hydrogen-bond donors (Lipinski definition) is 2. The quantitative estimate of drug-likeness (QED) is 0.610. The van der Waals surface area contributed by atoms with Gasteiger partial charge in [0.2, 0.25) is 0 Å². The first-order valence-electron chi connectivity index (χ1n) is 8.95. The van der Waals surface area contributed by atoms with Crippen LogP contribution < -0.4 is 10.6 Å². The second-order valence-corrected chi connectivity index (χ2v) is 9.26. The normalized spacial score (nSPS) is 24.6. The Morgan fingerprint density at radius 2 is 2.12 bits per heavy atom. The maximum Gasteiger partial charge on any atom is 0.191 e. The van der Waals surface area contributed by atoms with Crippen LogP contribution in [0.25, 0.3) is 0 Å². The fourth-order valence-corrected chi connectivity index (χ4v) is 5.24. The fourth-order valence-electron chi connectivity index (χ4n) is 3.56. The highest BCUT2D eigenvalue weighted by atomic mass is 32.2. The van der Waals surface area contributed by atoms with Crippen molar-refractivity contribution < 1.29 is 8.42 Å². The van der Waals surface area contributed by atoms with Gasteiger partial charge in [-0.05, 0) is 30.9 Å². The van der Waals surface area contributed by atoms with Crippen molar-refractivity contribution in [1.29, 1.82) is 0 Å². The zero-order chi connectivity index (χ0) is 17.9. The van der Waals surface area contributed by atoms with Gasteiger partial charge in [-0.1, -0.05) is 24.3 Å². The average molecular weight is 365 g/mol. The predicted molar refractivity (Wildman–Crippen MR) is 102 cm³/mol. The van der Waals surface area contributed by atoms with E-state index in [2.05, 4.69) is 51.7 Å². The molecule has 0 bridgehead atoms. The number of guanidine groups is 1. The fraction of sp³-hybridized carbons (Fsp3) is 0.611. The summed E-state index contributed by atoms with van der Waals surface area (Å²) in [5.74, 6) is 1.16. The summed E-state index contributed by atoms with van der Waals surface area (Å²) in [5.41, 5.74) is 2.87. The molecule has 2 unspecified atom stereocenters. The van der Waals surface area contributed by atoms with Crippen LogP contribution >= 0.6 is 0 Å². The zero-order valence-corrected chi connectivity index (χ0v) is 15.8. The van der Waals surface area contributed by atoms with Crippen molar-refractivity contribution in [1.82, 2.24) is 15.5 Å². The highest BCUT2D eigenvalue weighted by molar-refractivity contribution is 7.91. The molecule has 2 N–H and O–H groups in total. The van der Waals surface area contributed by atoms with Crippen molar-refractivity contribution in [2.45, 2.75) is 38.4 Å². The first kappa shape index (κ1) is 18.2. The molecule has 0 spiro atoms. The maximum atomic E-state index is 11.6. The Morgan fingerprint density at radius 1 is 1.36 bits per heavy atom. The standard InChI is InChI=1S/C18H28N4O2S/c1-14(22-9-7-15-5-3-4-6-16(15)12-22)11-20-18(19-2)21-17-8-10-25(23,24)13-17/h3-6,14,17H,7-13H2,1-2H3,(H2,19,20,21). The van der Waals surface area contributed by atoms with Crippen molar-refractivity contribution >= 4 is 15.8 Å². The SMILES string of the molecule is CN=C(NCC(C)N1CCc2ccccc2C1)NC1CCS(=O)(=O)C1. The summed E-state index contributed by atoms with van der Waals surface area (Å²) in [7, 11) is -1.16. The molecule has 1 aromatic carbocycles. The van der Waals surface area contributed by atoms with E-state index >= 15 is 0 Å². The summed E-state index contributed by atoms with van der Waals surface area (Å²) in [5, 5.41) is 6.58. The van der Waals surface area contributed by atoms with E-state index in [9.17, 15) is 8.42 Å². The lowest BCUT2D eigenvalue weighted by Crippen LogP contribution is -2.49. The predicted octanol–water partition coefficient (Wildman–Crippen LogP) is 0.785. The van der Waals surface area contributed by atoms with Gasteiger partial charge in [0.15, 0.2) is 15.8 Å². The number of nitrogens with zero attached hydrogens (tertiary/aromatic N) is 2. The Bertz CT molecular complexity index is 732. The molecule has 1 aromatic rings. The van der Waals surface area contributed by atoms with E-state index in [1.54, 1.807) is 7.05 Å². The summed E-state index contributed by atoms with van der Waals surface area (Å²) in [6, 6.07) is 8.98. The van der Waals surface area contributed by atoms with E-state index < -0.39 is 9.84 Å². The molecule has 25 heavy (non-hydrogen) atoms. The monoisotopic (exact) mass is 364 g/mol. The topological polar surface area (TPSA) is 73.8 Å². The largest absolute Gasteiger partial charge is 0.355 e. The van der Waals surface area contributed by atoms with Gasteiger partial charge in [0.05, 0.1) is 11.5 Å². The van der Waals surface area contributed by atoms with E-state index in [0.717, 1.165) is 26.1 Å². The van der Waals surface area contributed by atoms with Gasteiger partial charge in [0.1, 0.15) is 0 Å². The number of nitrogens with one attached hydrogen (secondary N) is 2. The molecule has 138 valence electrons. The lowest BCUT2D eigenvalue weighted by Gasteiger charge is -2.34. The summed E-state index contributed by atoms with van der Waals surface area (Å²) < 4.78 is 23.2.